The standard InChI is InChI=1S/C13H15N3O2/c1-8-2-3-9(6-11(8)14)4-5-10-7-12(17)16-13(18)15-10/h2-3,6-7H,4-5,14H2,1H3,(H2,15,16,17,18). The first kappa shape index (κ1) is 12.2. The van der Waals surface area contributed by atoms with E-state index in [0.29, 0.717) is 12.1 Å². The maximum Gasteiger partial charge on any atom is 0.325 e. The van der Waals surface area contributed by atoms with Crippen molar-refractivity contribution >= 4 is 5.69 Å². The van der Waals surface area contributed by atoms with Crippen LogP contribution in [-0.2, 0) is 12.8 Å². The number of hydrogen-bond donors (Lipinski definition) is 3. The fraction of sp³-hybridized carbons (Fsp3) is 0.231. The molecule has 1 aromatic carbocycles. The molecular weight excluding hydrogens is 230 g/mol. The van der Waals surface area contributed by atoms with Gasteiger partial charge in [-0.25, -0.2) is 4.79 Å². The molecule has 0 saturated carbocycles. The second-order valence-electron chi connectivity index (χ2n) is 4.30. The van der Waals surface area contributed by atoms with Crippen LogP contribution in [0.3, 0.4) is 0 Å². The molecule has 2 aromatic rings. The Kier molecular flexibility index (Phi) is 3.32. The topological polar surface area (TPSA) is 91.7 Å². The molecule has 1 heterocycles. The van der Waals surface area contributed by atoms with Crippen molar-refractivity contribution in [1.82, 2.24) is 9.97 Å². The summed E-state index contributed by atoms with van der Waals surface area (Å²) in [6.07, 6.45) is 1.32. The molecule has 0 radical (unpaired) electrons. The van der Waals surface area contributed by atoms with E-state index in [2.05, 4.69) is 9.97 Å². The molecule has 0 aliphatic heterocycles. The lowest BCUT2D eigenvalue weighted by Gasteiger charge is -2.05. The number of aryl methyl sites for hydroxylation is 3. The highest BCUT2D eigenvalue weighted by Gasteiger charge is 2.00. The predicted molar refractivity (Wildman–Crippen MR) is 70.7 cm³/mol. The van der Waals surface area contributed by atoms with Gasteiger partial charge in [0.1, 0.15) is 0 Å². The Labute approximate surface area is 104 Å². The molecule has 0 aliphatic carbocycles. The third-order valence-electron chi connectivity index (χ3n) is 2.84. The van der Waals surface area contributed by atoms with Gasteiger partial charge in [0.25, 0.3) is 5.56 Å². The van der Waals surface area contributed by atoms with E-state index in [-0.39, 0.29) is 5.56 Å². The average Bonchev–Trinajstić information content (AvgIpc) is 2.29. The van der Waals surface area contributed by atoms with Crippen LogP contribution in [-0.4, -0.2) is 9.97 Å². The fourth-order valence-corrected chi connectivity index (χ4v) is 1.78. The van der Waals surface area contributed by atoms with Crippen LogP contribution in [0, 0.1) is 6.92 Å². The summed E-state index contributed by atoms with van der Waals surface area (Å²) in [5.41, 5.74) is 8.49. The van der Waals surface area contributed by atoms with Crippen LogP contribution in [0.15, 0.2) is 33.9 Å². The minimum atomic E-state index is -0.471. The Bertz CT molecular complexity index is 642. The number of benzene rings is 1. The highest BCUT2D eigenvalue weighted by molar-refractivity contribution is 5.48. The van der Waals surface area contributed by atoms with Gasteiger partial charge in [0.15, 0.2) is 0 Å². The number of nitrogen functional groups attached to an aromatic ring is 1. The lowest BCUT2D eigenvalue weighted by Crippen LogP contribution is -2.23. The van der Waals surface area contributed by atoms with Crippen LogP contribution in [0.5, 0.6) is 0 Å². The number of hydrogen-bond acceptors (Lipinski definition) is 3. The van der Waals surface area contributed by atoms with Crippen LogP contribution < -0.4 is 17.0 Å². The van der Waals surface area contributed by atoms with Gasteiger partial charge < -0.3 is 10.7 Å². The average molecular weight is 245 g/mol. The van der Waals surface area contributed by atoms with E-state index in [0.717, 1.165) is 23.2 Å². The lowest BCUT2D eigenvalue weighted by atomic mass is 10.0. The quantitative estimate of drug-likeness (QED) is 0.696. The normalized spacial score (nSPS) is 10.5. The number of anilines is 1. The molecule has 0 aliphatic rings. The Morgan fingerprint density at radius 2 is 1.89 bits per heavy atom. The van der Waals surface area contributed by atoms with Gasteiger partial charge in [0.2, 0.25) is 0 Å². The zero-order valence-corrected chi connectivity index (χ0v) is 10.1. The second-order valence-corrected chi connectivity index (χ2v) is 4.30. The van der Waals surface area contributed by atoms with E-state index >= 15 is 0 Å². The zero-order chi connectivity index (χ0) is 13.1. The van der Waals surface area contributed by atoms with E-state index in [1.54, 1.807) is 0 Å². The van der Waals surface area contributed by atoms with Gasteiger partial charge in [0, 0.05) is 17.4 Å². The summed E-state index contributed by atoms with van der Waals surface area (Å²) in [5.74, 6) is 0. The number of aromatic amines is 2. The van der Waals surface area contributed by atoms with E-state index in [9.17, 15) is 9.59 Å². The number of aromatic nitrogens is 2. The van der Waals surface area contributed by atoms with Crippen LogP contribution in [0.1, 0.15) is 16.8 Å². The minimum absolute atomic E-state index is 0.378. The largest absolute Gasteiger partial charge is 0.399 e. The van der Waals surface area contributed by atoms with Crippen molar-refractivity contribution in [2.45, 2.75) is 19.8 Å². The molecule has 5 nitrogen and oxygen atoms in total. The SMILES string of the molecule is Cc1ccc(CCc2cc(=O)[nH]c(=O)[nH]2)cc1N. The summed E-state index contributed by atoms with van der Waals surface area (Å²) >= 11 is 0. The van der Waals surface area contributed by atoms with Gasteiger partial charge >= 0.3 is 5.69 Å². The Morgan fingerprint density at radius 3 is 2.56 bits per heavy atom. The van der Waals surface area contributed by atoms with Crippen molar-refractivity contribution in [2.75, 3.05) is 5.73 Å². The highest BCUT2D eigenvalue weighted by atomic mass is 16.2. The third kappa shape index (κ3) is 2.88. The third-order valence-corrected chi connectivity index (χ3v) is 2.84. The second kappa shape index (κ2) is 4.91. The van der Waals surface area contributed by atoms with E-state index in [1.165, 1.54) is 6.07 Å². The van der Waals surface area contributed by atoms with Crippen molar-refractivity contribution in [3.63, 3.8) is 0 Å². The van der Waals surface area contributed by atoms with Crippen LogP contribution in [0.25, 0.3) is 0 Å². The van der Waals surface area contributed by atoms with Gasteiger partial charge in [-0.15, -0.1) is 0 Å². The summed E-state index contributed by atoms with van der Waals surface area (Å²) < 4.78 is 0. The van der Waals surface area contributed by atoms with Crippen molar-refractivity contribution in [3.05, 3.63) is 61.9 Å². The van der Waals surface area contributed by atoms with Crippen LogP contribution in [0.2, 0.25) is 0 Å². The molecule has 94 valence electrons. The summed E-state index contributed by atoms with van der Waals surface area (Å²) in [7, 11) is 0. The molecule has 0 fully saturated rings. The molecule has 0 bridgehead atoms. The van der Waals surface area contributed by atoms with E-state index in [1.807, 2.05) is 25.1 Å². The van der Waals surface area contributed by atoms with Crippen LogP contribution >= 0.6 is 0 Å². The smallest absolute Gasteiger partial charge is 0.325 e. The number of nitrogens with two attached hydrogens (primary N) is 1. The van der Waals surface area contributed by atoms with Crippen molar-refractivity contribution < 1.29 is 0 Å². The molecular formula is C13H15N3O2. The van der Waals surface area contributed by atoms with Crippen molar-refractivity contribution in [3.8, 4) is 0 Å². The molecule has 18 heavy (non-hydrogen) atoms. The Morgan fingerprint density at radius 1 is 1.11 bits per heavy atom. The molecule has 5 heteroatoms. The Hall–Kier alpha value is -2.30. The molecule has 4 N–H and O–H groups in total. The predicted octanol–water partition coefficient (Wildman–Crippen LogP) is 0.739. The summed E-state index contributed by atoms with van der Waals surface area (Å²) in [4.78, 5) is 27.0. The maximum absolute atomic E-state index is 11.1. The van der Waals surface area contributed by atoms with Gasteiger partial charge in [-0.2, -0.15) is 0 Å². The molecule has 0 unspecified atom stereocenters. The summed E-state index contributed by atoms with van der Waals surface area (Å²) in [6, 6.07) is 7.28. The first-order valence-corrected chi connectivity index (χ1v) is 5.72. The van der Waals surface area contributed by atoms with Gasteiger partial charge in [-0.3, -0.25) is 9.78 Å². The van der Waals surface area contributed by atoms with Gasteiger partial charge in [-0.05, 0) is 37.0 Å². The van der Waals surface area contributed by atoms with Crippen LogP contribution in [0.4, 0.5) is 5.69 Å². The first-order chi connectivity index (χ1) is 8.54. The Balaban J connectivity index is 2.13. The highest BCUT2D eigenvalue weighted by Crippen LogP contribution is 2.14. The van der Waals surface area contributed by atoms with E-state index in [4.69, 9.17) is 5.73 Å². The lowest BCUT2D eigenvalue weighted by molar-refractivity contribution is 0.871. The molecule has 1 aromatic heterocycles. The monoisotopic (exact) mass is 245 g/mol. The maximum atomic E-state index is 11.1. The summed E-state index contributed by atoms with van der Waals surface area (Å²) in [6.45, 7) is 1.95. The fourth-order valence-electron chi connectivity index (χ4n) is 1.78. The van der Waals surface area contributed by atoms with Crippen molar-refractivity contribution in [1.29, 1.82) is 0 Å². The molecule has 0 saturated heterocycles. The van der Waals surface area contributed by atoms with E-state index < -0.39 is 5.69 Å². The minimum Gasteiger partial charge on any atom is -0.399 e. The zero-order valence-electron chi connectivity index (χ0n) is 10.1. The molecule has 0 spiro atoms. The molecule has 0 atom stereocenters. The molecule has 2 rings (SSSR count). The van der Waals surface area contributed by atoms with Gasteiger partial charge in [-0.1, -0.05) is 12.1 Å². The number of nitrogens with one attached hydrogen (secondary N) is 2. The number of H-pyrrole nitrogens is 2. The first-order valence-electron chi connectivity index (χ1n) is 5.72. The number of rotatable bonds is 3. The summed E-state index contributed by atoms with van der Waals surface area (Å²) in [5, 5.41) is 0. The molecule has 0 amide bonds. The van der Waals surface area contributed by atoms with Gasteiger partial charge in [0.05, 0.1) is 0 Å². The van der Waals surface area contributed by atoms with Crippen molar-refractivity contribution in [2.24, 2.45) is 0 Å².